The Labute approximate surface area is 155 Å². The van der Waals surface area contributed by atoms with Gasteiger partial charge in [0.2, 0.25) is 0 Å². The van der Waals surface area contributed by atoms with Crippen molar-refractivity contribution in [3.05, 3.63) is 47.4 Å². The van der Waals surface area contributed by atoms with Gasteiger partial charge in [0.15, 0.2) is 0 Å². The van der Waals surface area contributed by atoms with Gasteiger partial charge in [-0.3, -0.25) is 4.79 Å². The summed E-state index contributed by atoms with van der Waals surface area (Å²) in [4.78, 5) is 23.6. The molecule has 0 saturated carbocycles. The van der Waals surface area contributed by atoms with Gasteiger partial charge in [-0.25, -0.2) is 9.97 Å². The molecule has 0 radical (unpaired) electrons. The van der Waals surface area contributed by atoms with E-state index in [1.165, 1.54) is 12.0 Å². The molecule has 138 valence electrons. The highest BCUT2D eigenvalue weighted by Crippen LogP contribution is 2.31. The van der Waals surface area contributed by atoms with Crippen molar-refractivity contribution >= 4 is 17.4 Å². The molecule has 5 nitrogen and oxygen atoms in total. The van der Waals surface area contributed by atoms with Gasteiger partial charge in [0.25, 0.3) is 5.91 Å². The molecule has 0 atom stereocenters. The summed E-state index contributed by atoms with van der Waals surface area (Å²) >= 11 is 0. The highest BCUT2D eigenvalue weighted by molar-refractivity contribution is 5.93. The number of nitrogens with one attached hydrogen (secondary N) is 1. The van der Waals surface area contributed by atoms with Gasteiger partial charge in [0.1, 0.15) is 17.3 Å². The van der Waals surface area contributed by atoms with Crippen LogP contribution in [-0.2, 0) is 5.41 Å². The van der Waals surface area contributed by atoms with Crippen molar-refractivity contribution in [3.63, 3.8) is 0 Å². The van der Waals surface area contributed by atoms with Gasteiger partial charge >= 0.3 is 0 Å². The van der Waals surface area contributed by atoms with E-state index < -0.39 is 0 Å². The zero-order valence-corrected chi connectivity index (χ0v) is 16.2. The molecule has 0 aliphatic carbocycles. The van der Waals surface area contributed by atoms with E-state index in [1.54, 1.807) is 6.07 Å². The number of amides is 1. The van der Waals surface area contributed by atoms with E-state index in [2.05, 4.69) is 42.1 Å². The largest absolute Gasteiger partial charge is 0.340 e. The number of piperidine rings is 1. The molecule has 1 aromatic carbocycles. The van der Waals surface area contributed by atoms with E-state index >= 15 is 0 Å². The van der Waals surface area contributed by atoms with Crippen molar-refractivity contribution in [3.8, 4) is 0 Å². The van der Waals surface area contributed by atoms with E-state index in [9.17, 15) is 4.79 Å². The minimum Gasteiger partial charge on any atom is -0.340 e. The fourth-order valence-electron chi connectivity index (χ4n) is 3.38. The summed E-state index contributed by atoms with van der Waals surface area (Å²) in [6, 6.07) is 9.98. The predicted molar refractivity (Wildman–Crippen MR) is 105 cm³/mol. The number of nitrogens with zero attached hydrogens (tertiary/aromatic N) is 3. The lowest BCUT2D eigenvalue weighted by atomic mass is 9.86. The maximum absolute atomic E-state index is 12.8. The molecule has 1 aliphatic heterocycles. The van der Waals surface area contributed by atoms with Crippen LogP contribution in [0.3, 0.4) is 0 Å². The second-order valence-electron chi connectivity index (χ2n) is 7.96. The van der Waals surface area contributed by atoms with Crippen LogP contribution >= 0.6 is 0 Å². The maximum Gasteiger partial charge on any atom is 0.272 e. The molecule has 26 heavy (non-hydrogen) atoms. The highest BCUT2D eigenvalue weighted by Gasteiger charge is 2.21. The molecule has 0 spiro atoms. The van der Waals surface area contributed by atoms with Gasteiger partial charge in [0.05, 0.1) is 0 Å². The first-order chi connectivity index (χ1) is 12.3. The van der Waals surface area contributed by atoms with Crippen LogP contribution in [0.1, 0.15) is 61.9 Å². The third-order valence-electron chi connectivity index (χ3n) is 4.70. The average molecular weight is 352 g/mol. The number of para-hydroxylation sites is 1. The normalized spacial score (nSPS) is 15.0. The molecule has 0 bridgehead atoms. The Hall–Kier alpha value is -2.43. The van der Waals surface area contributed by atoms with Crippen molar-refractivity contribution < 1.29 is 4.79 Å². The Morgan fingerprint density at radius 2 is 1.77 bits per heavy atom. The molecule has 2 aromatic rings. The number of aromatic nitrogens is 2. The van der Waals surface area contributed by atoms with E-state index in [0.717, 1.165) is 31.6 Å². The minimum absolute atomic E-state index is 0.00218. The van der Waals surface area contributed by atoms with E-state index in [1.807, 2.05) is 30.0 Å². The summed E-state index contributed by atoms with van der Waals surface area (Å²) in [5, 5.41) is 3.40. The zero-order chi connectivity index (χ0) is 18.7. The fraction of sp³-hybridized carbons (Fsp3) is 0.476. The number of hydrogen-bond acceptors (Lipinski definition) is 4. The Morgan fingerprint density at radius 3 is 2.46 bits per heavy atom. The number of benzene rings is 1. The molecule has 1 aliphatic rings. The monoisotopic (exact) mass is 352 g/mol. The molecule has 2 heterocycles. The Morgan fingerprint density at radius 1 is 1.08 bits per heavy atom. The van der Waals surface area contributed by atoms with Crippen molar-refractivity contribution in [2.45, 2.75) is 52.4 Å². The van der Waals surface area contributed by atoms with Crippen LogP contribution in [0.15, 0.2) is 30.3 Å². The summed E-state index contributed by atoms with van der Waals surface area (Å²) in [6.45, 7) is 10.0. The van der Waals surface area contributed by atoms with Crippen LogP contribution < -0.4 is 5.32 Å². The number of carbonyl (C=O) groups excluding carboxylic acids is 1. The molecule has 1 fully saturated rings. The topological polar surface area (TPSA) is 58.1 Å². The second-order valence-corrected chi connectivity index (χ2v) is 7.96. The van der Waals surface area contributed by atoms with E-state index in [4.69, 9.17) is 0 Å². The van der Waals surface area contributed by atoms with Crippen LogP contribution in [0, 0.1) is 6.92 Å². The molecule has 1 N–H and O–H groups in total. The second kappa shape index (κ2) is 7.44. The molecule has 0 unspecified atom stereocenters. The highest BCUT2D eigenvalue weighted by atomic mass is 16.2. The summed E-state index contributed by atoms with van der Waals surface area (Å²) in [7, 11) is 0. The lowest BCUT2D eigenvalue weighted by Gasteiger charge is -2.26. The maximum atomic E-state index is 12.8. The number of hydrogen-bond donors (Lipinski definition) is 1. The molecular weight excluding hydrogens is 324 g/mol. The third kappa shape index (κ3) is 4.21. The Balaban J connectivity index is 1.88. The Kier molecular flexibility index (Phi) is 5.25. The van der Waals surface area contributed by atoms with E-state index in [0.29, 0.717) is 17.3 Å². The van der Waals surface area contributed by atoms with Crippen LogP contribution in [0.2, 0.25) is 0 Å². The van der Waals surface area contributed by atoms with Crippen LogP contribution in [0.5, 0.6) is 0 Å². The van der Waals surface area contributed by atoms with Crippen LogP contribution in [0.4, 0.5) is 11.5 Å². The van der Waals surface area contributed by atoms with Crippen LogP contribution in [-0.4, -0.2) is 33.9 Å². The van der Waals surface area contributed by atoms with Crippen LogP contribution in [0.25, 0.3) is 0 Å². The first kappa shape index (κ1) is 18.4. The van der Waals surface area contributed by atoms with Crippen molar-refractivity contribution in [2.75, 3.05) is 18.4 Å². The third-order valence-corrected chi connectivity index (χ3v) is 4.70. The van der Waals surface area contributed by atoms with Gasteiger partial charge in [-0.15, -0.1) is 0 Å². The summed E-state index contributed by atoms with van der Waals surface area (Å²) < 4.78 is 0. The number of anilines is 2. The van der Waals surface area contributed by atoms with Gasteiger partial charge in [-0.2, -0.15) is 0 Å². The van der Waals surface area contributed by atoms with Gasteiger partial charge in [0, 0.05) is 24.8 Å². The first-order valence-corrected chi connectivity index (χ1v) is 9.36. The summed E-state index contributed by atoms with van der Waals surface area (Å²) in [5.74, 6) is 1.26. The average Bonchev–Trinajstić information content (AvgIpc) is 2.61. The van der Waals surface area contributed by atoms with Crippen molar-refractivity contribution in [1.82, 2.24) is 14.9 Å². The fourth-order valence-corrected chi connectivity index (χ4v) is 3.38. The summed E-state index contributed by atoms with van der Waals surface area (Å²) in [6.07, 6.45) is 3.34. The quantitative estimate of drug-likeness (QED) is 0.886. The molecule has 1 aromatic heterocycles. The summed E-state index contributed by atoms with van der Waals surface area (Å²) in [5.41, 5.74) is 2.70. The minimum atomic E-state index is 0.00218. The zero-order valence-electron chi connectivity index (χ0n) is 16.2. The van der Waals surface area contributed by atoms with E-state index in [-0.39, 0.29) is 11.3 Å². The van der Waals surface area contributed by atoms with Gasteiger partial charge in [-0.1, -0.05) is 39.0 Å². The number of aryl methyl sites for hydroxylation is 1. The molecule has 5 heteroatoms. The number of likely N-dealkylation sites (tertiary alicyclic amines) is 1. The standard InChI is InChI=1S/C21H28N4O/c1-15-22-18(20(26)25-12-8-5-9-13-25)14-19(23-15)24-17-11-7-6-10-16(17)21(2,3)4/h6-7,10-11,14H,5,8-9,12-13H2,1-4H3,(H,22,23,24). The number of rotatable bonds is 3. The van der Waals surface area contributed by atoms with Gasteiger partial charge < -0.3 is 10.2 Å². The Bertz CT molecular complexity index is 789. The lowest BCUT2D eigenvalue weighted by Crippen LogP contribution is -2.36. The number of carbonyl (C=O) groups is 1. The SMILES string of the molecule is Cc1nc(Nc2ccccc2C(C)(C)C)cc(C(=O)N2CCCCC2)n1. The van der Waals surface area contributed by atoms with Crippen molar-refractivity contribution in [2.24, 2.45) is 0 Å². The lowest BCUT2D eigenvalue weighted by molar-refractivity contribution is 0.0718. The molecule has 1 amide bonds. The van der Waals surface area contributed by atoms with Gasteiger partial charge in [-0.05, 0) is 43.2 Å². The molecule has 1 saturated heterocycles. The van der Waals surface area contributed by atoms with Crippen molar-refractivity contribution in [1.29, 1.82) is 0 Å². The molecule has 3 rings (SSSR count). The smallest absolute Gasteiger partial charge is 0.272 e. The molecular formula is C21H28N4O. The predicted octanol–water partition coefficient (Wildman–Crippen LogP) is 4.45. The first-order valence-electron chi connectivity index (χ1n) is 9.36.